The van der Waals surface area contributed by atoms with E-state index < -0.39 is 0 Å². The maximum atomic E-state index is 12.2. The third-order valence-electron chi connectivity index (χ3n) is 3.94. The molecule has 3 rings (SSSR count). The Kier molecular flexibility index (Phi) is 5.11. The number of pyridine rings is 1. The van der Waals surface area contributed by atoms with E-state index in [9.17, 15) is 4.79 Å². The molecule has 0 atom stereocenters. The molecule has 2 aromatic rings. The lowest BCUT2D eigenvalue weighted by Crippen LogP contribution is -2.21. The van der Waals surface area contributed by atoms with Crippen molar-refractivity contribution in [3.63, 3.8) is 0 Å². The average molecular weight is 361 g/mol. The largest absolute Gasteiger partial charge is 0.465 e. The normalized spacial score (nSPS) is 13.1. The number of anilines is 2. The van der Waals surface area contributed by atoms with E-state index >= 15 is 0 Å². The number of hydrogen-bond donors (Lipinski definition) is 2. The zero-order valence-electron chi connectivity index (χ0n) is 13.6. The van der Waals surface area contributed by atoms with Gasteiger partial charge in [-0.05, 0) is 62.0 Å². The third-order valence-corrected chi connectivity index (χ3v) is 5.35. The lowest BCUT2D eigenvalue weighted by Gasteiger charge is -2.12. The molecule has 2 heterocycles. The first-order valence-corrected chi connectivity index (χ1v) is 9.04. The molecule has 0 unspecified atom stereocenters. The molecule has 0 amide bonds. The maximum Gasteiger partial charge on any atom is 0.341 e. The fourth-order valence-electron chi connectivity index (χ4n) is 2.76. The van der Waals surface area contributed by atoms with Crippen LogP contribution in [0.1, 0.15) is 39.2 Å². The lowest BCUT2D eigenvalue weighted by atomic mass is 9.95. The summed E-state index contributed by atoms with van der Waals surface area (Å²) in [6, 6.07) is 3.83. The number of nitrogens with one attached hydrogen (secondary N) is 2. The minimum atomic E-state index is -0.312. The Morgan fingerprint density at radius 2 is 2.08 bits per heavy atom. The minimum absolute atomic E-state index is 0.312. The summed E-state index contributed by atoms with van der Waals surface area (Å²) < 4.78 is 4.97. The Labute approximate surface area is 150 Å². The molecule has 0 fully saturated rings. The van der Waals surface area contributed by atoms with Gasteiger partial charge in [0.1, 0.15) is 10.8 Å². The van der Waals surface area contributed by atoms with Crippen LogP contribution in [0, 0.1) is 6.92 Å². The van der Waals surface area contributed by atoms with Gasteiger partial charge >= 0.3 is 5.97 Å². The number of rotatable bonds is 3. The van der Waals surface area contributed by atoms with E-state index in [0.29, 0.717) is 16.5 Å². The van der Waals surface area contributed by atoms with Crippen LogP contribution in [0.15, 0.2) is 18.3 Å². The number of aryl methyl sites for hydroxylation is 2. The molecule has 5 nitrogen and oxygen atoms in total. The molecule has 1 aliphatic rings. The van der Waals surface area contributed by atoms with Gasteiger partial charge in [0.2, 0.25) is 0 Å². The molecule has 126 valence electrons. The van der Waals surface area contributed by atoms with Crippen LogP contribution in [-0.2, 0) is 17.6 Å². The highest BCUT2D eigenvalue weighted by atomic mass is 32.1. The summed E-state index contributed by atoms with van der Waals surface area (Å²) >= 11 is 6.95. The van der Waals surface area contributed by atoms with Gasteiger partial charge in [-0.25, -0.2) is 9.78 Å². The van der Waals surface area contributed by atoms with E-state index in [0.717, 1.165) is 41.8 Å². The van der Waals surface area contributed by atoms with Gasteiger partial charge in [0.05, 0.1) is 12.7 Å². The first kappa shape index (κ1) is 16.9. The van der Waals surface area contributed by atoms with Gasteiger partial charge in [-0.2, -0.15) is 0 Å². The second-order valence-electron chi connectivity index (χ2n) is 5.71. The van der Waals surface area contributed by atoms with Crippen molar-refractivity contribution in [3.05, 3.63) is 39.9 Å². The van der Waals surface area contributed by atoms with Crippen LogP contribution in [0.2, 0.25) is 0 Å². The van der Waals surface area contributed by atoms with Gasteiger partial charge in [-0.1, -0.05) is 6.07 Å². The number of nitrogens with zero attached hydrogens (tertiary/aromatic N) is 1. The number of aromatic nitrogens is 1. The van der Waals surface area contributed by atoms with Crippen molar-refractivity contribution in [2.45, 2.75) is 32.6 Å². The smallest absolute Gasteiger partial charge is 0.341 e. The van der Waals surface area contributed by atoms with Gasteiger partial charge < -0.3 is 15.4 Å². The Morgan fingerprint density at radius 3 is 2.79 bits per heavy atom. The number of fused-ring (bicyclic) bond motifs is 1. The van der Waals surface area contributed by atoms with Gasteiger partial charge in [0.25, 0.3) is 0 Å². The van der Waals surface area contributed by atoms with Crippen LogP contribution in [0.3, 0.4) is 0 Å². The highest BCUT2D eigenvalue weighted by molar-refractivity contribution is 7.80. The Balaban J connectivity index is 1.81. The van der Waals surface area contributed by atoms with Gasteiger partial charge in [-0.3, -0.25) is 0 Å². The molecule has 1 aliphatic carbocycles. The van der Waals surface area contributed by atoms with Crippen LogP contribution in [-0.4, -0.2) is 23.2 Å². The van der Waals surface area contributed by atoms with E-state index in [1.807, 2.05) is 19.1 Å². The molecule has 24 heavy (non-hydrogen) atoms. The van der Waals surface area contributed by atoms with Crippen molar-refractivity contribution in [2.24, 2.45) is 0 Å². The number of methoxy groups -OCH3 is 1. The van der Waals surface area contributed by atoms with Crippen molar-refractivity contribution < 1.29 is 9.53 Å². The van der Waals surface area contributed by atoms with Crippen LogP contribution >= 0.6 is 23.6 Å². The number of esters is 1. The van der Waals surface area contributed by atoms with Crippen molar-refractivity contribution in [2.75, 3.05) is 17.7 Å². The fraction of sp³-hybridized carbons (Fsp3) is 0.353. The lowest BCUT2D eigenvalue weighted by molar-refractivity contribution is 0.0601. The highest BCUT2D eigenvalue weighted by Crippen LogP contribution is 2.38. The molecule has 0 aliphatic heterocycles. The van der Waals surface area contributed by atoms with Crippen LogP contribution < -0.4 is 10.6 Å². The molecule has 0 radical (unpaired) electrons. The van der Waals surface area contributed by atoms with Crippen molar-refractivity contribution in [1.29, 1.82) is 0 Å². The van der Waals surface area contributed by atoms with Gasteiger partial charge in [0.15, 0.2) is 5.11 Å². The molecule has 2 aromatic heterocycles. The van der Waals surface area contributed by atoms with E-state index in [4.69, 9.17) is 17.0 Å². The SMILES string of the molecule is COC(=O)c1c(NC(=S)Nc2ccc(C)cn2)sc2c1CCCC2. The van der Waals surface area contributed by atoms with E-state index in [2.05, 4.69) is 15.6 Å². The molecule has 0 bridgehead atoms. The minimum Gasteiger partial charge on any atom is -0.465 e. The number of thiophene rings is 1. The molecule has 0 saturated heterocycles. The Morgan fingerprint density at radius 1 is 1.29 bits per heavy atom. The number of ether oxygens (including phenoxy) is 1. The summed E-state index contributed by atoms with van der Waals surface area (Å²) in [5.74, 6) is 0.354. The molecule has 0 saturated carbocycles. The topological polar surface area (TPSA) is 63.2 Å². The fourth-order valence-corrected chi connectivity index (χ4v) is 4.32. The van der Waals surface area contributed by atoms with Crippen molar-refractivity contribution in [3.8, 4) is 0 Å². The number of carbonyl (C=O) groups is 1. The van der Waals surface area contributed by atoms with Crippen LogP contribution in [0.25, 0.3) is 0 Å². The zero-order chi connectivity index (χ0) is 17.1. The first-order valence-electron chi connectivity index (χ1n) is 7.82. The summed E-state index contributed by atoms with van der Waals surface area (Å²) in [4.78, 5) is 17.7. The number of carbonyl (C=O) groups excluding carboxylic acids is 1. The molecule has 7 heteroatoms. The van der Waals surface area contributed by atoms with Gasteiger partial charge in [0, 0.05) is 11.1 Å². The predicted molar refractivity (Wildman–Crippen MR) is 101 cm³/mol. The Bertz CT molecular complexity index is 769. The molecule has 0 spiro atoms. The standard InChI is InChI=1S/C17H19N3O2S2/c1-10-7-8-13(18-9-10)19-17(23)20-15-14(16(21)22-2)11-5-3-4-6-12(11)24-15/h7-9H,3-6H2,1-2H3,(H2,18,19,20,23). The Hall–Kier alpha value is -1.99. The first-order chi connectivity index (χ1) is 11.6. The van der Waals surface area contributed by atoms with Crippen molar-refractivity contribution in [1.82, 2.24) is 4.98 Å². The predicted octanol–water partition coefficient (Wildman–Crippen LogP) is 3.93. The summed E-state index contributed by atoms with van der Waals surface area (Å²) in [5.41, 5.74) is 2.81. The quantitative estimate of drug-likeness (QED) is 0.638. The molecule has 0 aromatic carbocycles. The summed E-state index contributed by atoms with van der Waals surface area (Å²) in [7, 11) is 1.41. The van der Waals surface area contributed by atoms with Gasteiger partial charge in [-0.15, -0.1) is 11.3 Å². The maximum absolute atomic E-state index is 12.2. The van der Waals surface area contributed by atoms with E-state index in [1.54, 1.807) is 17.5 Å². The molecular weight excluding hydrogens is 342 g/mol. The monoisotopic (exact) mass is 361 g/mol. The van der Waals surface area contributed by atoms with E-state index in [-0.39, 0.29) is 5.97 Å². The molecular formula is C17H19N3O2S2. The molecule has 2 N–H and O–H groups in total. The van der Waals surface area contributed by atoms with Crippen LogP contribution in [0.4, 0.5) is 10.8 Å². The summed E-state index contributed by atoms with van der Waals surface area (Å²) in [6.07, 6.45) is 5.95. The second-order valence-corrected chi connectivity index (χ2v) is 7.22. The zero-order valence-corrected chi connectivity index (χ0v) is 15.3. The average Bonchev–Trinajstić information content (AvgIpc) is 2.94. The van der Waals surface area contributed by atoms with E-state index in [1.165, 1.54) is 12.0 Å². The third kappa shape index (κ3) is 3.57. The highest BCUT2D eigenvalue weighted by Gasteiger charge is 2.26. The van der Waals surface area contributed by atoms with Crippen molar-refractivity contribution >= 4 is 45.5 Å². The summed E-state index contributed by atoms with van der Waals surface area (Å²) in [5, 5.41) is 7.35. The second kappa shape index (κ2) is 7.27. The number of thiocarbonyl (C=S) groups is 1. The summed E-state index contributed by atoms with van der Waals surface area (Å²) in [6.45, 7) is 1.98. The number of hydrogen-bond acceptors (Lipinski definition) is 5. The van der Waals surface area contributed by atoms with Crippen LogP contribution in [0.5, 0.6) is 0 Å².